The molecule has 0 atom stereocenters. The van der Waals surface area contributed by atoms with E-state index in [-0.39, 0.29) is 28.3 Å². The lowest BCUT2D eigenvalue weighted by molar-refractivity contribution is 0.102. The van der Waals surface area contributed by atoms with E-state index >= 15 is 0 Å². The van der Waals surface area contributed by atoms with Crippen LogP contribution in [-0.4, -0.2) is 32.1 Å². The van der Waals surface area contributed by atoms with Gasteiger partial charge in [0.05, 0.1) is 25.9 Å². The Kier molecular flexibility index (Phi) is 10.5. The second-order valence-electron chi connectivity index (χ2n) is 8.58. The lowest BCUT2D eigenvalue weighted by Gasteiger charge is -2.13. The summed E-state index contributed by atoms with van der Waals surface area (Å²) in [4.78, 5) is 26.0. The van der Waals surface area contributed by atoms with Crippen LogP contribution in [0.3, 0.4) is 0 Å². The van der Waals surface area contributed by atoms with Crippen molar-refractivity contribution in [2.75, 3.05) is 31.0 Å². The van der Waals surface area contributed by atoms with Gasteiger partial charge in [-0.05, 0) is 43.2 Å². The molecule has 0 aliphatic carbocycles. The van der Waals surface area contributed by atoms with Gasteiger partial charge in [0.25, 0.3) is 11.8 Å². The highest BCUT2D eigenvalue weighted by molar-refractivity contribution is 6.10. The third-order valence-electron chi connectivity index (χ3n) is 5.50. The summed E-state index contributed by atoms with van der Waals surface area (Å²) in [6.07, 6.45) is 3.49. The first-order valence-electron chi connectivity index (χ1n) is 12.5. The summed E-state index contributed by atoms with van der Waals surface area (Å²) in [5.41, 5.74) is 0.588. The number of hydrogen-bond acceptors (Lipinski definition) is 5. The fourth-order valence-corrected chi connectivity index (χ4v) is 3.53. The van der Waals surface area contributed by atoms with Crippen LogP contribution in [0.4, 0.5) is 20.2 Å². The highest BCUT2D eigenvalue weighted by Gasteiger charge is 2.18. The fourth-order valence-electron chi connectivity index (χ4n) is 3.53. The van der Waals surface area contributed by atoms with Crippen LogP contribution in [0.25, 0.3) is 0 Å². The van der Waals surface area contributed by atoms with E-state index in [1.54, 1.807) is 0 Å². The molecular formula is C29H32F2N2O5. The molecule has 7 nitrogen and oxygen atoms in total. The first-order valence-corrected chi connectivity index (χ1v) is 12.5. The molecule has 0 aromatic heterocycles. The highest BCUT2D eigenvalue weighted by atomic mass is 19.1. The van der Waals surface area contributed by atoms with Crippen LogP contribution in [0.1, 0.15) is 60.2 Å². The minimum atomic E-state index is -0.612. The number of carbonyl (C=O) groups excluding carboxylic acids is 2. The summed E-state index contributed by atoms with van der Waals surface area (Å²) in [6.45, 7) is 4.89. The van der Waals surface area contributed by atoms with Crippen LogP contribution < -0.4 is 24.8 Å². The van der Waals surface area contributed by atoms with Crippen molar-refractivity contribution >= 4 is 23.2 Å². The zero-order valence-electron chi connectivity index (χ0n) is 21.7. The van der Waals surface area contributed by atoms with Crippen molar-refractivity contribution in [3.8, 4) is 17.2 Å². The van der Waals surface area contributed by atoms with Crippen LogP contribution in [0.15, 0.2) is 54.6 Å². The Morgan fingerprint density at radius 1 is 0.737 bits per heavy atom. The molecule has 3 aromatic rings. The number of anilines is 2. The van der Waals surface area contributed by atoms with E-state index in [1.807, 2.05) is 13.8 Å². The van der Waals surface area contributed by atoms with Crippen molar-refractivity contribution in [3.05, 3.63) is 77.4 Å². The number of halogens is 2. The third-order valence-corrected chi connectivity index (χ3v) is 5.50. The molecule has 0 bridgehead atoms. The van der Waals surface area contributed by atoms with Gasteiger partial charge in [-0.25, -0.2) is 8.78 Å². The number of ether oxygens (including phenoxy) is 3. The summed E-state index contributed by atoms with van der Waals surface area (Å²) < 4.78 is 44.6. The molecule has 0 unspecified atom stereocenters. The Balaban J connectivity index is 1.78. The van der Waals surface area contributed by atoms with Gasteiger partial charge in [-0.3, -0.25) is 9.59 Å². The summed E-state index contributed by atoms with van der Waals surface area (Å²) in [5, 5.41) is 5.25. The molecule has 0 radical (unpaired) electrons. The Morgan fingerprint density at radius 3 is 1.76 bits per heavy atom. The number of rotatable bonds is 13. The summed E-state index contributed by atoms with van der Waals surface area (Å²) in [5.74, 6) is -1.49. The maximum atomic E-state index is 14.1. The molecule has 2 amide bonds. The molecule has 0 saturated heterocycles. The number of amides is 2. The number of unbranched alkanes of at least 4 members (excludes halogenated alkanes) is 2. The molecule has 2 N–H and O–H groups in total. The number of benzene rings is 3. The van der Waals surface area contributed by atoms with Crippen molar-refractivity contribution in [1.82, 2.24) is 0 Å². The second-order valence-corrected chi connectivity index (χ2v) is 8.58. The summed E-state index contributed by atoms with van der Waals surface area (Å²) in [6, 6.07) is 12.2. The van der Waals surface area contributed by atoms with Gasteiger partial charge in [-0.1, -0.05) is 26.7 Å². The molecule has 3 aromatic carbocycles. The van der Waals surface area contributed by atoms with Gasteiger partial charge in [0.1, 0.15) is 28.9 Å². The Labute approximate surface area is 221 Å². The molecule has 0 fully saturated rings. The smallest absolute Gasteiger partial charge is 0.259 e. The SMILES string of the molecule is CCCCOc1cc(F)cc(NC(=O)c2ccc(OC)c(C(=O)Nc3cc(F)cc(OCCCC)c3)c2)c1. The van der Waals surface area contributed by atoms with Crippen LogP contribution in [-0.2, 0) is 0 Å². The largest absolute Gasteiger partial charge is 0.496 e. The summed E-state index contributed by atoms with van der Waals surface area (Å²) in [7, 11) is 1.39. The monoisotopic (exact) mass is 526 g/mol. The van der Waals surface area contributed by atoms with Gasteiger partial charge in [-0.2, -0.15) is 0 Å². The Hall–Kier alpha value is -4.14. The topological polar surface area (TPSA) is 85.9 Å². The van der Waals surface area contributed by atoms with Crippen molar-refractivity contribution < 1.29 is 32.6 Å². The fraction of sp³-hybridized carbons (Fsp3) is 0.310. The van der Waals surface area contributed by atoms with E-state index in [4.69, 9.17) is 14.2 Å². The van der Waals surface area contributed by atoms with Gasteiger partial charge >= 0.3 is 0 Å². The maximum Gasteiger partial charge on any atom is 0.259 e. The van der Waals surface area contributed by atoms with Gasteiger partial charge < -0.3 is 24.8 Å². The predicted octanol–water partition coefficient (Wildman–Crippen LogP) is 6.84. The van der Waals surface area contributed by atoms with E-state index in [1.165, 1.54) is 55.6 Å². The molecule has 9 heteroatoms. The van der Waals surface area contributed by atoms with Crippen LogP contribution in [0.5, 0.6) is 17.2 Å². The van der Waals surface area contributed by atoms with Crippen molar-refractivity contribution in [2.45, 2.75) is 39.5 Å². The molecule has 0 aliphatic heterocycles. The first-order chi connectivity index (χ1) is 18.3. The zero-order chi connectivity index (χ0) is 27.5. The van der Waals surface area contributed by atoms with Crippen LogP contribution in [0, 0.1) is 11.6 Å². The van der Waals surface area contributed by atoms with E-state index in [0.717, 1.165) is 31.7 Å². The number of carbonyl (C=O) groups is 2. The second kappa shape index (κ2) is 14.0. The van der Waals surface area contributed by atoms with Gasteiger partial charge in [0.15, 0.2) is 0 Å². The highest BCUT2D eigenvalue weighted by Crippen LogP contribution is 2.26. The Bertz CT molecular complexity index is 1270. The van der Waals surface area contributed by atoms with Crippen molar-refractivity contribution in [2.24, 2.45) is 0 Å². The van der Waals surface area contributed by atoms with Gasteiger partial charge in [-0.15, -0.1) is 0 Å². The van der Waals surface area contributed by atoms with E-state index < -0.39 is 23.4 Å². The molecule has 0 heterocycles. The lowest BCUT2D eigenvalue weighted by Crippen LogP contribution is -2.17. The molecule has 202 valence electrons. The molecule has 0 saturated carbocycles. The molecule has 0 spiro atoms. The first kappa shape index (κ1) is 28.4. The average Bonchev–Trinajstić information content (AvgIpc) is 2.88. The molecule has 0 aliphatic rings. The van der Waals surface area contributed by atoms with Crippen molar-refractivity contribution in [1.29, 1.82) is 0 Å². The maximum absolute atomic E-state index is 14.1. The van der Waals surface area contributed by atoms with Gasteiger partial charge in [0, 0.05) is 41.2 Å². The quantitative estimate of drug-likeness (QED) is 0.238. The molecule has 38 heavy (non-hydrogen) atoms. The molecular weight excluding hydrogens is 494 g/mol. The third kappa shape index (κ3) is 8.19. The number of hydrogen-bond donors (Lipinski definition) is 2. The average molecular weight is 527 g/mol. The zero-order valence-corrected chi connectivity index (χ0v) is 21.7. The number of methoxy groups -OCH3 is 1. The summed E-state index contributed by atoms with van der Waals surface area (Å²) >= 11 is 0. The van der Waals surface area contributed by atoms with E-state index in [0.29, 0.717) is 24.7 Å². The van der Waals surface area contributed by atoms with E-state index in [9.17, 15) is 18.4 Å². The van der Waals surface area contributed by atoms with Gasteiger partial charge in [0.2, 0.25) is 0 Å². The Morgan fingerprint density at radius 2 is 1.26 bits per heavy atom. The normalized spacial score (nSPS) is 10.6. The standard InChI is InChI=1S/C29H32F2N2O5/c1-4-6-10-37-24-15-20(30)13-22(17-24)32-28(34)19-8-9-27(36-3)26(12-19)29(35)33-23-14-21(31)16-25(18-23)38-11-7-5-2/h8-9,12-18H,4-7,10-11H2,1-3H3,(H,32,34)(H,33,35). The minimum absolute atomic E-state index is 0.0562. The molecule has 3 rings (SSSR count). The predicted molar refractivity (Wildman–Crippen MR) is 143 cm³/mol. The number of nitrogens with one attached hydrogen (secondary N) is 2. The van der Waals surface area contributed by atoms with E-state index in [2.05, 4.69) is 10.6 Å². The minimum Gasteiger partial charge on any atom is -0.496 e. The van der Waals surface area contributed by atoms with Crippen molar-refractivity contribution in [3.63, 3.8) is 0 Å². The lowest BCUT2D eigenvalue weighted by atomic mass is 10.1. The van der Waals surface area contributed by atoms with Crippen LogP contribution >= 0.6 is 0 Å². The van der Waals surface area contributed by atoms with Crippen LogP contribution in [0.2, 0.25) is 0 Å².